The summed E-state index contributed by atoms with van der Waals surface area (Å²) in [6.07, 6.45) is 7.90. The summed E-state index contributed by atoms with van der Waals surface area (Å²) in [5, 5.41) is 5.95. The van der Waals surface area contributed by atoms with Crippen LogP contribution in [0.1, 0.15) is 5.56 Å². The topological polar surface area (TPSA) is 78.3 Å². The van der Waals surface area contributed by atoms with Gasteiger partial charge in [0.25, 0.3) is 0 Å². The van der Waals surface area contributed by atoms with Crippen molar-refractivity contribution >= 4 is 35.4 Å². The van der Waals surface area contributed by atoms with E-state index in [1.807, 2.05) is 25.2 Å². The van der Waals surface area contributed by atoms with Crippen LogP contribution in [0.2, 0.25) is 5.02 Å². The number of nitrogens with one attached hydrogen (secondary N) is 2. The Morgan fingerprint density at radius 1 is 1.27 bits per heavy atom. The maximum atomic E-state index is 13.5. The number of methoxy groups -OCH3 is 1. The highest BCUT2D eigenvalue weighted by atomic mass is 35.5. The van der Waals surface area contributed by atoms with Gasteiger partial charge in [-0.3, -0.25) is 14.7 Å². The Kier molecular flexibility index (Phi) is 10.4. The molecule has 192 valence electrons. The van der Waals surface area contributed by atoms with Gasteiger partial charge >= 0.3 is 0 Å². The Balaban J connectivity index is 1.72. The first-order valence-corrected chi connectivity index (χ1v) is 11.9. The Labute approximate surface area is 221 Å². The van der Waals surface area contributed by atoms with E-state index >= 15 is 0 Å². The van der Waals surface area contributed by atoms with Crippen molar-refractivity contribution in [3.8, 4) is 0 Å². The van der Waals surface area contributed by atoms with Gasteiger partial charge in [-0.15, -0.1) is 0 Å². The van der Waals surface area contributed by atoms with E-state index in [2.05, 4.69) is 44.2 Å². The average Bonchev–Trinajstić information content (AvgIpc) is 2.88. The number of likely N-dealkylation sites (N-methyl/N-ethyl adjacent to an activating group) is 1. The van der Waals surface area contributed by atoms with E-state index in [0.29, 0.717) is 41.6 Å². The maximum absolute atomic E-state index is 13.5. The summed E-state index contributed by atoms with van der Waals surface area (Å²) in [5.41, 5.74) is 2.81. The van der Waals surface area contributed by atoms with Crippen LogP contribution >= 0.6 is 11.6 Å². The van der Waals surface area contributed by atoms with Gasteiger partial charge < -0.3 is 15.4 Å². The minimum Gasteiger partial charge on any atom is -0.495 e. The number of amidine groups is 1. The predicted octanol–water partition coefficient (Wildman–Crippen LogP) is 5.11. The second-order valence-corrected chi connectivity index (χ2v) is 8.52. The second-order valence-electron chi connectivity index (χ2n) is 8.12. The fourth-order valence-electron chi connectivity index (χ4n) is 3.45. The van der Waals surface area contributed by atoms with Crippen LogP contribution in [0.3, 0.4) is 0 Å². The first-order valence-electron chi connectivity index (χ1n) is 11.5. The molecule has 0 aliphatic carbocycles. The molecule has 0 saturated heterocycles. The number of allylic oxidation sites excluding steroid dienone is 2. The van der Waals surface area contributed by atoms with Crippen molar-refractivity contribution in [1.29, 1.82) is 0 Å². The summed E-state index contributed by atoms with van der Waals surface area (Å²) in [6, 6.07) is 14.4. The van der Waals surface area contributed by atoms with Crippen LogP contribution in [-0.4, -0.2) is 50.2 Å². The number of amides is 1. The first-order chi connectivity index (χ1) is 17.9. The molecule has 0 fully saturated rings. The number of carbonyl (C=O) groups is 1. The van der Waals surface area contributed by atoms with Crippen LogP contribution in [-0.2, 0) is 16.1 Å². The van der Waals surface area contributed by atoms with Crippen molar-refractivity contribution < 1.29 is 13.9 Å². The molecule has 0 aromatic heterocycles. The van der Waals surface area contributed by atoms with Gasteiger partial charge in [0.1, 0.15) is 23.8 Å². The lowest BCUT2D eigenvalue weighted by Gasteiger charge is -2.17. The van der Waals surface area contributed by atoms with Gasteiger partial charge in [-0.25, -0.2) is 9.38 Å². The van der Waals surface area contributed by atoms with E-state index in [0.717, 1.165) is 6.54 Å². The fraction of sp³-hybridized carbons (Fsp3) is 0.179. The molecule has 3 rings (SSSR count). The molecule has 1 heterocycles. The van der Waals surface area contributed by atoms with Gasteiger partial charge in [-0.05, 0) is 43.0 Å². The molecule has 7 nitrogen and oxygen atoms in total. The Bertz CT molecular complexity index is 1270. The van der Waals surface area contributed by atoms with Gasteiger partial charge in [0.15, 0.2) is 0 Å². The highest BCUT2D eigenvalue weighted by molar-refractivity contribution is 6.31. The number of benzene rings is 2. The monoisotopic (exact) mass is 521 g/mol. The number of hydrogen-bond acceptors (Lipinski definition) is 6. The van der Waals surface area contributed by atoms with E-state index in [1.54, 1.807) is 18.2 Å². The van der Waals surface area contributed by atoms with Crippen LogP contribution in [0.5, 0.6) is 0 Å². The van der Waals surface area contributed by atoms with E-state index in [-0.39, 0.29) is 10.9 Å². The molecule has 37 heavy (non-hydrogen) atoms. The Morgan fingerprint density at radius 3 is 2.76 bits per heavy atom. The summed E-state index contributed by atoms with van der Waals surface area (Å²) >= 11 is 5.90. The Hall–Kier alpha value is -4.01. The van der Waals surface area contributed by atoms with Gasteiger partial charge in [-0.1, -0.05) is 54.6 Å². The average molecular weight is 522 g/mol. The summed E-state index contributed by atoms with van der Waals surface area (Å²) in [5.74, 6) is 0.00160. The van der Waals surface area contributed by atoms with Crippen LogP contribution in [0.15, 0.2) is 106 Å². The predicted molar refractivity (Wildman–Crippen MR) is 148 cm³/mol. The van der Waals surface area contributed by atoms with Gasteiger partial charge in [0, 0.05) is 30.4 Å². The molecule has 1 amide bonds. The van der Waals surface area contributed by atoms with E-state index < -0.39 is 5.82 Å². The SMILES string of the molecule is C=C/C(OC)=C(\C=C1/CN=CN=C1Nc1ccc(F)c(Cl)c1)NC(=O)/C=C/CN(C)Cc1ccccc1. The van der Waals surface area contributed by atoms with Crippen molar-refractivity contribution in [3.63, 3.8) is 0 Å². The second kappa shape index (κ2) is 13.9. The molecule has 0 unspecified atom stereocenters. The molecule has 1 aliphatic heterocycles. The number of anilines is 1. The summed E-state index contributed by atoms with van der Waals surface area (Å²) in [4.78, 5) is 23.3. The maximum Gasteiger partial charge on any atom is 0.248 e. The van der Waals surface area contributed by atoms with Gasteiger partial charge in [0.05, 0.1) is 24.4 Å². The molecule has 9 heteroatoms. The third-order valence-corrected chi connectivity index (χ3v) is 5.54. The highest BCUT2D eigenvalue weighted by Crippen LogP contribution is 2.21. The summed E-state index contributed by atoms with van der Waals surface area (Å²) < 4.78 is 19.0. The lowest BCUT2D eigenvalue weighted by atomic mass is 10.1. The van der Waals surface area contributed by atoms with Gasteiger partial charge in [0.2, 0.25) is 5.91 Å². The van der Waals surface area contributed by atoms with Crippen molar-refractivity contribution in [2.75, 3.05) is 32.6 Å². The lowest BCUT2D eigenvalue weighted by Crippen LogP contribution is -2.25. The normalized spacial score (nSPS) is 14.9. The molecule has 0 bridgehead atoms. The van der Waals surface area contributed by atoms with Crippen LogP contribution < -0.4 is 10.6 Å². The van der Waals surface area contributed by atoms with Crippen molar-refractivity contribution in [3.05, 3.63) is 113 Å². The molecular weight excluding hydrogens is 493 g/mol. The molecule has 2 aromatic carbocycles. The van der Waals surface area contributed by atoms with Crippen molar-refractivity contribution in [1.82, 2.24) is 10.2 Å². The van der Waals surface area contributed by atoms with Crippen LogP contribution in [0.25, 0.3) is 0 Å². The molecule has 0 atom stereocenters. The number of nitrogens with zero attached hydrogens (tertiary/aromatic N) is 3. The van der Waals surface area contributed by atoms with Crippen molar-refractivity contribution in [2.24, 2.45) is 9.98 Å². The fourth-order valence-corrected chi connectivity index (χ4v) is 3.63. The molecule has 0 saturated carbocycles. The van der Waals surface area contributed by atoms with E-state index in [4.69, 9.17) is 16.3 Å². The van der Waals surface area contributed by atoms with Gasteiger partial charge in [-0.2, -0.15) is 0 Å². The standard InChI is InChI=1S/C28H29ClFN5O2/c1-4-26(37-3)25(34-27(36)11-8-14-35(2)18-20-9-6-5-7-10-20)15-21-17-31-19-32-28(21)33-22-12-13-24(30)23(29)16-22/h4-13,15-16,19H,1,14,17-18H2,2-3H3,(H,34,36)(H,31,32,33)/b11-8+,21-15+,26-25-. The Morgan fingerprint density at radius 2 is 2.05 bits per heavy atom. The molecule has 0 radical (unpaired) electrons. The van der Waals surface area contributed by atoms with Crippen molar-refractivity contribution in [2.45, 2.75) is 6.54 Å². The smallest absolute Gasteiger partial charge is 0.248 e. The molecule has 0 spiro atoms. The minimum atomic E-state index is -0.516. The largest absolute Gasteiger partial charge is 0.495 e. The van der Waals surface area contributed by atoms with E-state index in [9.17, 15) is 9.18 Å². The highest BCUT2D eigenvalue weighted by Gasteiger charge is 2.15. The third kappa shape index (κ3) is 8.56. The zero-order valence-electron chi connectivity index (χ0n) is 20.7. The quantitative estimate of drug-likeness (QED) is 0.259. The third-order valence-electron chi connectivity index (χ3n) is 5.25. The zero-order valence-corrected chi connectivity index (χ0v) is 21.5. The number of ether oxygens (including phenoxy) is 1. The number of hydrogen-bond donors (Lipinski definition) is 2. The number of aliphatic imine (C=N–C) groups is 2. The summed E-state index contributed by atoms with van der Waals surface area (Å²) in [7, 11) is 3.47. The summed E-state index contributed by atoms with van der Waals surface area (Å²) in [6.45, 7) is 5.43. The number of rotatable bonds is 10. The minimum absolute atomic E-state index is 0.0111. The molecule has 2 aromatic rings. The van der Waals surface area contributed by atoms with Crippen LogP contribution in [0.4, 0.5) is 10.1 Å². The number of halogens is 2. The molecule has 1 aliphatic rings. The molecule has 2 N–H and O–H groups in total. The zero-order chi connectivity index (χ0) is 26.6. The van der Waals surface area contributed by atoms with E-state index in [1.165, 1.54) is 43.3 Å². The number of carbonyl (C=O) groups excluding carboxylic acids is 1. The van der Waals surface area contributed by atoms with Crippen LogP contribution in [0, 0.1) is 5.82 Å². The lowest BCUT2D eigenvalue weighted by molar-refractivity contribution is -0.115. The molecular formula is C28H29ClFN5O2. The first kappa shape index (κ1) is 27.6.